The van der Waals surface area contributed by atoms with Crippen LogP contribution in [0.2, 0.25) is 0 Å². The van der Waals surface area contributed by atoms with E-state index in [-0.39, 0.29) is 0 Å². The quantitative estimate of drug-likeness (QED) is 0.586. The number of hydrogen-bond acceptors (Lipinski definition) is 2. The maximum absolute atomic E-state index is 8.86. The summed E-state index contributed by atoms with van der Waals surface area (Å²) in [6, 6.07) is 0. The first-order valence-corrected chi connectivity index (χ1v) is 4.12. The van der Waals surface area contributed by atoms with Gasteiger partial charge in [-0.05, 0) is 25.2 Å². The molecule has 3 unspecified atom stereocenters. The molecule has 2 nitrogen and oxygen atoms in total. The van der Waals surface area contributed by atoms with Gasteiger partial charge in [0.15, 0.2) is 0 Å². The Morgan fingerprint density at radius 1 is 1.40 bits per heavy atom. The third-order valence-corrected chi connectivity index (χ3v) is 2.82. The summed E-state index contributed by atoms with van der Waals surface area (Å²) < 4.78 is 5.36. The molecule has 3 atom stereocenters. The zero-order valence-electron chi connectivity index (χ0n) is 6.12. The Bertz CT molecular complexity index is 122. The van der Waals surface area contributed by atoms with Crippen LogP contribution in [-0.4, -0.2) is 24.4 Å². The number of fused-ring (bicyclic) bond motifs is 1. The molecule has 0 aromatic rings. The van der Waals surface area contributed by atoms with Crippen LogP contribution in [0.4, 0.5) is 0 Å². The minimum Gasteiger partial charge on any atom is -0.396 e. The van der Waals surface area contributed by atoms with Gasteiger partial charge in [-0.15, -0.1) is 0 Å². The summed E-state index contributed by atoms with van der Waals surface area (Å²) in [6.45, 7) is 1.33. The topological polar surface area (TPSA) is 29.5 Å². The summed E-state index contributed by atoms with van der Waals surface area (Å²) in [4.78, 5) is 0. The van der Waals surface area contributed by atoms with Gasteiger partial charge in [-0.25, -0.2) is 0 Å². The van der Waals surface area contributed by atoms with E-state index < -0.39 is 0 Å². The molecule has 10 heavy (non-hydrogen) atoms. The molecule has 1 saturated heterocycles. The lowest BCUT2D eigenvalue weighted by Crippen LogP contribution is -2.44. The molecule has 0 amide bonds. The van der Waals surface area contributed by atoms with Crippen LogP contribution < -0.4 is 0 Å². The molecule has 0 radical (unpaired) electrons. The standard InChI is InChI=1S/C8H14O2/c9-4-6-1-2-7-5-10-8(7)3-6/h6-9H,1-5H2. The fraction of sp³-hybridized carbons (Fsp3) is 1.00. The molecule has 2 aliphatic rings. The molecule has 0 aromatic carbocycles. The van der Waals surface area contributed by atoms with Crippen LogP contribution in [0, 0.1) is 11.8 Å². The van der Waals surface area contributed by atoms with Crippen molar-refractivity contribution < 1.29 is 9.84 Å². The van der Waals surface area contributed by atoms with Crippen molar-refractivity contribution in [3.8, 4) is 0 Å². The second-order valence-electron chi connectivity index (χ2n) is 3.49. The summed E-state index contributed by atoms with van der Waals surface area (Å²) in [5, 5.41) is 8.86. The van der Waals surface area contributed by atoms with Crippen LogP contribution in [0.25, 0.3) is 0 Å². The lowest BCUT2D eigenvalue weighted by Gasteiger charge is -2.43. The van der Waals surface area contributed by atoms with E-state index >= 15 is 0 Å². The number of ether oxygens (including phenoxy) is 1. The molecule has 2 rings (SSSR count). The van der Waals surface area contributed by atoms with Crippen LogP contribution in [0.3, 0.4) is 0 Å². The molecule has 1 aliphatic heterocycles. The Balaban J connectivity index is 1.86. The first kappa shape index (κ1) is 6.62. The molecule has 0 spiro atoms. The molecule has 0 bridgehead atoms. The highest BCUT2D eigenvalue weighted by molar-refractivity contribution is 4.86. The van der Waals surface area contributed by atoms with Gasteiger partial charge >= 0.3 is 0 Å². The van der Waals surface area contributed by atoms with E-state index in [1.807, 2.05) is 0 Å². The molecule has 0 aromatic heterocycles. The van der Waals surface area contributed by atoms with E-state index in [4.69, 9.17) is 9.84 Å². The van der Waals surface area contributed by atoms with Crippen LogP contribution in [0.5, 0.6) is 0 Å². The van der Waals surface area contributed by atoms with Crippen LogP contribution in [0.15, 0.2) is 0 Å². The number of rotatable bonds is 1. The van der Waals surface area contributed by atoms with Gasteiger partial charge in [0, 0.05) is 12.5 Å². The molecule has 2 fully saturated rings. The van der Waals surface area contributed by atoms with Crippen molar-refractivity contribution in [1.82, 2.24) is 0 Å². The highest BCUT2D eigenvalue weighted by Crippen LogP contribution is 2.37. The Labute approximate surface area is 61.2 Å². The van der Waals surface area contributed by atoms with E-state index in [1.54, 1.807) is 0 Å². The molecule has 2 heteroatoms. The number of hydrogen-bond donors (Lipinski definition) is 1. The molecule has 1 saturated carbocycles. The maximum Gasteiger partial charge on any atom is 0.0628 e. The fourth-order valence-corrected chi connectivity index (χ4v) is 1.96. The zero-order valence-corrected chi connectivity index (χ0v) is 6.12. The summed E-state index contributed by atoms with van der Waals surface area (Å²) in [6.07, 6.45) is 4.09. The highest BCUT2D eigenvalue weighted by Gasteiger charge is 2.37. The largest absolute Gasteiger partial charge is 0.396 e. The third-order valence-electron chi connectivity index (χ3n) is 2.82. The van der Waals surface area contributed by atoms with E-state index in [1.165, 1.54) is 12.8 Å². The van der Waals surface area contributed by atoms with Crippen molar-refractivity contribution in [3.05, 3.63) is 0 Å². The summed E-state index contributed by atoms with van der Waals surface area (Å²) in [7, 11) is 0. The van der Waals surface area contributed by atoms with Crippen LogP contribution in [-0.2, 0) is 4.74 Å². The second-order valence-corrected chi connectivity index (χ2v) is 3.49. The van der Waals surface area contributed by atoms with Crippen molar-refractivity contribution in [2.24, 2.45) is 11.8 Å². The van der Waals surface area contributed by atoms with Gasteiger partial charge in [0.2, 0.25) is 0 Å². The van der Waals surface area contributed by atoms with E-state index in [0.29, 0.717) is 18.6 Å². The normalized spacial score (nSPS) is 45.9. The van der Waals surface area contributed by atoms with Crippen molar-refractivity contribution in [3.63, 3.8) is 0 Å². The number of aliphatic hydroxyl groups excluding tert-OH is 1. The summed E-state index contributed by atoms with van der Waals surface area (Å²) in [5.41, 5.74) is 0. The van der Waals surface area contributed by atoms with E-state index in [0.717, 1.165) is 18.9 Å². The second kappa shape index (κ2) is 2.51. The molecule has 1 heterocycles. The van der Waals surface area contributed by atoms with Crippen molar-refractivity contribution in [1.29, 1.82) is 0 Å². The fourth-order valence-electron chi connectivity index (χ4n) is 1.96. The first-order chi connectivity index (χ1) is 4.90. The average molecular weight is 142 g/mol. The monoisotopic (exact) mass is 142 g/mol. The SMILES string of the molecule is OCC1CCC2COC2C1. The van der Waals surface area contributed by atoms with Crippen LogP contribution >= 0.6 is 0 Å². The number of aliphatic hydroxyl groups is 1. The minimum atomic E-state index is 0.354. The molecular formula is C8H14O2. The van der Waals surface area contributed by atoms with Crippen molar-refractivity contribution >= 4 is 0 Å². The van der Waals surface area contributed by atoms with Gasteiger partial charge in [0.1, 0.15) is 0 Å². The van der Waals surface area contributed by atoms with Crippen LogP contribution in [0.1, 0.15) is 19.3 Å². The average Bonchev–Trinajstić information content (AvgIpc) is 1.92. The highest BCUT2D eigenvalue weighted by atomic mass is 16.5. The van der Waals surface area contributed by atoms with Gasteiger partial charge in [0.25, 0.3) is 0 Å². The van der Waals surface area contributed by atoms with E-state index in [9.17, 15) is 0 Å². The Morgan fingerprint density at radius 3 is 2.80 bits per heavy atom. The first-order valence-electron chi connectivity index (χ1n) is 4.12. The molecule has 1 aliphatic carbocycles. The van der Waals surface area contributed by atoms with Crippen molar-refractivity contribution in [2.75, 3.05) is 13.2 Å². The minimum absolute atomic E-state index is 0.354. The Hall–Kier alpha value is -0.0800. The molecular weight excluding hydrogens is 128 g/mol. The Morgan fingerprint density at radius 2 is 2.30 bits per heavy atom. The van der Waals surface area contributed by atoms with Gasteiger partial charge < -0.3 is 9.84 Å². The van der Waals surface area contributed by atoms with E-state index in [2.05, 4.69) is 0 Å². The Kier molecular flexibility index (Phi) is 1.66. The van der Waals surface area contributed by atoms with Crippen molar-refractivity contribution in [2.45, 2.75) is 25.4 Å². The molecule has 58 valence electrons. The van der Waals surface area contributed by atoms with Gasteiger partial charge in [-0.1, -0.05) is 0 Å². The predicted octanol–water partition coefficient (Wildman–Crippen LogP) is 0.794. The lowest BCUT2D eigenvalue weighted by atomic mass is 9.78. The van der Waals surface area contributed by atoms with Gasteiger partial charge in [-0.2, -0.15) is 0 Å². The molecule has 1 N–H and O–H groups in total. The summed E-state index contributed by atoms with van der Waals surface area (Å²) in [5.74, 6) is 1.37. The maximum atomic E-state index is 8.86. The third kappa shape index (κ3) is 0.956. The summed E-state index contributed by atoms with van der Waals surface area (Å²) >= 11 is 0. The predicted molar refractivity (Wildman–Crippen MR) is 37.7 cm³/mol. The lowest BCUT2D eigenvalue weighted by molar-refractivity contribution is -0.147. The zero-order chi connectivity index (χ0) is 6.97. The smallest absolute Gasteiger partial charge is 0.0628 e. The van der Waals surface area contributed by atoms with Gasteiger partial charge in [0.05, 0.1) is 12.7 Å². The van der Waals surface area contributed by atoms with Gasteiger partial charge in [-0.3, -0.25) is 0 Å².